The predicted molar refractivity (Wildman–Crippen MR) is 95.6 cm³/mol. The maximum atomic E-state index is 13.9. The zero-order chi connectivity index (χ0) is 17.4. The van der Waals surface area contributed by atoms with E-state index in [1.165, 1.54) is 44.6 Å². The zero-order valence-electron chi connectivity index (χ0n) is 15.2. The fraction of sp³-hybridized carbons (Fsp3) is 0.667. The number of rotatable bonds is 8. The molecule has 1 aliphatic carbocycles. The summed E-state index contributed by atoms with van der Waals surface area (Å²) in [5, 5.41) is 0. The van der Waals surface area contributed by atoms with Gasteiger partial charge in [-0.05, 0) is 36.3 Å². The third-order valence-corrected chi connectivity index (χ3v) is 5.20. The first-order chi connectivity index (χ1) is 11.6. The fourth-order valence-corrected chi connectivity index (χ4v) is 3.79. The topological polar surface area (TPSA) is 26.3 Å². The Labute approximate surface area is 145 Å². The summed E-state index contributed by atoms with van der Waals surface area (Å²) >= 11 is 0. The Balaban J connectivity index is 1.73. The van der Waals surface area contributed by atoms with E-state index in [0.29, 0.717) is 30.1 Å². The van der Waals surface area contributed by atoms with E-state index in [1.54, 1.807) is 12.1 Å². The van der Waals surface area contributed by atoms with Crippen LogP contribution in [0.25, 0.3) is 0 Å². The molecule has 3 heteroatoms. The smallest absolute Gasteiger partial charge is 0.311 e. The first kappa shape index (κ1) is 19.0. The molecular formula is C21H31FO2. The van der Waals surface area contributed by atoms with Crippen molar-refractivity contribution in [3.8, 4) is 5.75 Å². The first-order valence-corrected chi connectivity index (χ1v) is 9.61. The molecule has 134 valence electrons. The molecule has 0 aromatic heterocycles. The molecule has 0 aliphatic heterocycles. The normalized spacial score (nSPS) is 20.8. The molecule has 0 amide bonds. The molecule has 1 saturated carbocycles. The van der Waals surface area contributed by atoms with Crippen molar-refractivity contribution < 1.29 is 13.9 Å². The quantitative estimate of drug-likeness (QED) is 0.426. The van der Waals surface area contributed by atoms with Crippen LogP contribution in [0.2, 0.25) is 0 Å². The van der Waals surface area contributed by atoms with Crippen molar-refractivity contribution in [2.75, 3.05) is 0 Å². The molecule has 0 unspecified atom stereocenters. The Bertz CT molecular complexity index is 519. The summed E-state index contributed by atoms with van der Waals surface area (Å²) in [6.45, 7) is 4.27. The summed E-state index contributed by atoms with van der Waals surface area (Å²) in [6.07, 6.45) is 10.6. The minimum atomic E-state index is -0.281. The highest BCUT2D eigenvalue weighted by Gasteiger charge is 2.21. The summed E-state index contributed by atoms with van der Waals surface area (Å²) in [7, 11) is 0. The van der Waals surface area contributed by atoms with Gasteiger partial charge >= 0.3 is 5.97 Å². The molecule has 0 heterocycles. The lowest BCUT2D eigenvalue weighted by atomic mass is 9.78. The zero-order valence-corrected chi connectivity index (χ0v) is 15.2. The Morgan fingerprint density at radius 3 is 2.33 bits per heavy atom. The number of ether oxygens (including phenoxy) is 1. The van der Waals surface area contributed by atoms with Gasteiger partial charge in [0.15, 0.2) is 0 Å². The van der Waals surface area contributed by atoms with Crippen LogP contribution in [0.1, 0.15) is 77.2 Å². The van der Waals surface area contributed by atoms with Gasteiger partial charge in [-0.15, -0.1) is 0 Å². The number of benzene rings is 1. The second-order valence-electron chi connectivity index (χ2n) is 7.19. The Hall–Kier alpha value is -1.38. The molecule has 1 aromatic carbocycles. The molecule has 2 nitrogen and oxygen atoms in total. The summed E-state index contributed by atoms with van der Waals surface area (Å²) in [6, 6.07) is 4.75. The fourth-order valence-electron chi connectivity index (χ4n) is 3.79. The number of carbonyl (C=O) groups is 1. The van der Waals surface area contributed by atoms with E-state index in [9.17, 15) is 9.18 Å². The monoisotopic (exact) mass is 334 g/mol. The van der Waals surface area contributed by atoms with E-state index in [1.807, 2.05) is 6.92 Å². The third-order valence-electron chi connectivity index (χ3n) is 5.20. The van der Waals surface area contributed by atoms with Gasteiger partial charge in [0.1, 0.15) is 11.6 Å². The molecule has 0 bridgehead atoms. The van der Waals surface area contributed by atoms with E-state index >= 15 is 0 Å². The Kier molecular flexibility index (Phi) is 7.74. The van der Waals surface area contributed by atoms with Crippen LogP contribution >= 0.6 is 0 Å². The standard InChI is InChI=1S/C21H31FO2/c1-3-5-16-7-9-17(10-8-16)11-14-21(23)24-19-13-12-18(6-4-2)20(22)15-19/h12-13,15-17H,3-11,14H2,1-2H3. The van der Waals surface area contributed by atoms with Crippen LogP contribution < -0.4 is 4.74 Å². The Morgan fingerprint density at radius 2 is 1.75 bits per heavy atom. The third kappa shape index (κ3) is 5.92. The molecular weight excluding hydrogens is 303 g/mol. The maximum absolute atomic E-state index is 13.9. The van der Waals surface area contributed by atoms with Crippen LogP contribution in [0, 0.1) is 17.7 Å². The molecule has 1 aliphatic rings. The van der Waals surface area contributed by atoms with E-state index in [2.05, 4.69) is 6.92 Å². The second kappa shape index (κ2) is 9.80. The highest BCUT2D eigenvalue weighted by molar-refractivity contribution is 5.72. The van der Waals surface area contributed by atoms with Crippen molar-refractivity contribution in [2.24, 2.45) is 11.8 Å². The highest BCUT2D eigenvalue weighted by Crippen LogP contribution is 2.33. The van der Waals surface area contributed by atoms with E-state index in [0.717, 1.165) is 18.8 Å². The van der Waals surface area contributed by atoms with E-state index in [4.69, 9.17) is 4.74 Å². The van der Waals surface area contributed by atoms with Crippen molar-refractivity contribution in [2.45, 2.75) is 78.1 Å². The van der Waals surface area contributed by atoms with Crippen molar-refractivity contribution in [1.29, 1.82) is 0 Å². The molecule has 0 atom stereocenters. The molecule has 1 fully saturated rings. The summed E-state index contributed by atoms with van der Waals surface area (Å²) < 4.78 is 19.2. The minimum Gasteiger partial charge on any atom is -0.426 e. The van der Waals surface area contributed by atoms with Gasteiger partial charge in [-0.1, -0.05) is 64.9 Å². The first-order valence-electron chi connectivity index (χ1n) is 9.61. The molecule has 1 aromatic rings. The lowest BCUT2D eigenvalue weighted by molar-refractivity contribution is -0.134. The Morgan fingerprint density at radius 1 is 1.08 bits per heavy atom. The largest absolute Gasteiger partial charge is 0.426 e. The van der Waals surface area contributed by atoms with Crippen LogP contribution in [0.4, 0.5) is 4.39 Å². The number of halogens is 1. The average molecular weight is 334 g/mol. The van der Waals surface area contributed by atoms with Gasteiger partial charge in [-0.2, -0.15) is 0 Å². The second-order valence-corrected chi connectivity index (χ2v) is 7.19. The number of esters is 1. The minimum absolute atomic E-state index is 0.242. The van der Waals surface area contributed by atoms with Crippen LogP contribution in [0.5, 0.6) is 5.75 Å². The lowest BCUT2D eigenvalue weighted by Crippen LogP contribution is -2.17. The summed E-state index contributed by atoms with van der Waals surface area (Å²) in [5.41, 5.74) is 0.682. The highest BCUT2D eigenvalue weighted by atomic mass is 19.1. The van der Waals surface area contributed by atoms with E-state index in [-0.39, 0.29) is 11.8 Å². The van der Waals surface area contributed by atoms with Gasteiger partial charge in [0.2, 0.25) is 0 Å². The maximum Gasteiger partial charge on any atom is 0.311 e. The molecule has 2 rings (SSSR count). The van der Waals surface area contributed by atoms with Crippen LogP contribution in [0.15, 0.2) is 18.2 Å². The lowest BCUT2D eigenvalue weighted by Gasteiger charge is -2.28. The number of hydrogen-bond acceptors (Lipinski definition) is 2. The number of hydrogen-bond donors (Lipinski definition) is 0. The van der Waals surface area contributed by atoms with Crippen LogP contribution in [-0.4, -0.2) is 5.97 Å². The average Bonchev–Trinajstić information content (AvgIpc) is 2.57. The molecule has 0 N–H and O–H groups in total. The van der Waals surface area contributed by atoms with Gasteiger partial charge in [-0.3, -0.25) is 4.79 Å². The van der Waals surface area contributed by atoms with Crippen LogP contribution in [-0.2, 0) is 11.2 Å². The molecule has 0 radical (unpaired) electrons. The van der Waals surface area contributed by atoms with Gasteiger partial charge in [0.05, 0.1) is 0 Å². The van der Waals surface area contributed by atoms with Crippen molar-refractivity contribution in [1.82, 2.24) is 0 Å². The predicted octanol–water partition coefficient (Wildman–Crippen LogP) is 6.07. The van der Waals surface area contributed by atoms with Crippen molar-refractivity contribution in [3.63, 3.8) is 0 Å². The van der Waals surface area contributed by atoms with Gasteiger partial charge < -0.3 is 4.74 Å². The summed E-state index contributed by atoms with van der Waals surface area (Å²) in [4.78, 5) is 12.0. The van der Waals surface area contributed by atoms with Gasteiger partial charge in [0, 0.05) is 12.5 Å². The molecule has 0 spiro atoms. The molecule has 0 saturated heterocycles. The number of aryl methyl sites for hydroxylation is 1. The van der Waals surface area contributed by atoms with Crippen molar-refractivity contribution in [3.05, 3.63) is 29.6 Å². The van der Waals surface area contributed by atoms with Crippen LogP contribution in [0.3, 0.4) is 0 Å². The SMILES string of the molecule is CCCc1ccc(OC(=O)CCC2CCC(CCC)CC2)cc1F. The van der Waals surface area contributed by atoms with Gasteiger partial charge in [0.25, 0.3) is 0 Å². The van der Waals surface area contributed by atoms with Crippen molar-refractivity contribution >= 4 is 5.97 Å². The number of carbonyl (C=O) groups excluding carboxylic acids is 1. The van der Waals surface area contributed by atoms with E-state index < -0.39 is 0 Å². The summed E-state index contributed by atoms with van der Waals surface area (Å²) in [5.74, 6) is 1.34. The molecule has 24 heavy (non-hydrogen) atoms. The van der Waals surface area contributed by atoms with Gasteiger partial charge in [-0.25, -0.2) is 4.39 Å².